The van der Waals surface area contributed by atoms with Crippen LogP contribution in [-0.4, -0.2) is 254 Å². The number of rotatable bonds is 13. The first-order chi connectivity index (χ1) is 32.8. The lowest BCUT2D eigenvalue weighted by molar-refractivity contribution is -0.146. The van der Waals surface area contributed by atoms with Crippen LogP contribution in [-0.2, 0) is 9.59 Å². The number of nitrogens with zero attached hydrogens (tertiary/aromatic N) is 2. The van der Waals surface area contributed by atoms with E-state index >= 15 is 0 Å². The number of amides is 2. The normalized spacial score (nSPS) is 34.7. The predicted molar refractivity (Wildman–Crippen MR) is 262 cm³/mol. The molecule has 0 aromatic heterocycles. The highest BCUT2D eigenvalue weighted by Gasteiger charge is 2.40. The van der Waals surface area contributed by atoms with Crippen LogP contribution < -0.4 is 27.4 Å². The van der Waals surface area contributed by atoms with E-state index in [-0.39, 0.29) is 63.6 Å². The Kier molecular flexibility index (Phi) is 34.7. The van der Waals surface area contributed by atoms with Crippen LogP contribution in [0.2, 0.25) is 0 Å². The van der Waals surface area contributed by atoms with Crippen LogP contribution in [0.4, 0.5) is 13.2 Å². The molecule has 5 fully saturated rings. The molecule has 0 saturated carbocycles. The highest BCUT2D eigenvalue weighted by Crippen LogP contribution is 2.23. The number of β-amino-alcohol motifs (C(OH)–C–C–N with tert-alkyl or cyclic N) is 5. The number of alkyl halides is 3. The van der Waals surface area contributed by atoms with Gasteiger partial charge in [0.1, 0.15) is 12.3 Å². The molecule has 5 heterocycles. The Hall–Kier alpha value is -1.66. The van der Waals surface area contributed by atoms with E-state index in [9.17, 15) is 63.6 Å². The second-order valence-electron chi connectivity index (χ2n) is 20.2. The van der Waals surface area contributed by atoms with Crippen LogP contribution in [0, 0.1) is 41.4 Å². The zero-order valence-electron chi connectivity index (χ0n) is 42.4. The molecule has 19 atom stereocenters. The van der Waals surface area contributed by atoms with Gasteiger partial charge in [0.05, 0.1) is 93.0 Å². The minimum absolute atomic E-state index is 0. The largest absolute Gasteiger partial charge is 0.396 e. The molecule has 5 aliphatic heterocycles. The molecule has 5 aliphatic rings. The summed E-state index contributed by atoms with van der Waals surface area (Å²) >= 11 is 0. The van der Waals surface area contributed by atoms with Crippen LogP contribution in [0.5, 0.6) is 0 Å². The van der Waals surface area contributed by atoms with Gasteiger partial charge in [0.2, 0.25) is 11.8 Å². The van der Waals surface area contributed by atoms with E-state index in [1.165, 1.54) is 9.80 Å². The Morgan fingerprint density at radius 3 is 1.11 bits per heavy atom. The van der Waals surface area contributed by atoms with Crippen molar-refractivity contribution in [3.05, 3.63) is 0 Å². The van der Waals surface area contributed by atoms with Crippen molar-refractivity contribution in [1.29, 1.82) is 0 Å². The van der Waals surface area contributed by atoms with Crippen molar-refractivity contribution in [1.82, 2.24) is 25.8 Å². The maximum atomic E-state index is 13.1. The molecule has 71 heavy (non-hydrogen) atoms. The van der Waals surface area contributed by atoms with E-state index in [0.717, 1.165) is 0 Å². The molecule has 2 amide bonds. The average Bonchev–Trinajstić information content (AvgIpc) is 3.32. The van der Waals surface area contributed by atoms with Crippen molar-refractivity contribution in [3.63, 3.8) is 0 Å². The third-order valence-corrected chi connectivity index (χ3v) is 13.3. The first kappa shape index (κ1) is 69.3. The molecule has 424 valence electrons. The third kappa shape index (κ3) is 23.0. The molecule has 0 aromatic rings. The molecule has 0 aromatic carbocycles. The Bertz CT molecular complexity index is 1350. The summed E-state index contributed by atoms with van der Waals surface area (Å²) in [7, 11) is 0. The smallest absolute Gasteiger partial charge is 0.239 e. The number of carbonyl (C=O) groups excluding carboxylic acids is 2. The van der Waals surface area contributed by atoms with E-state index < -0.39 is 122 Å². The fourth-order valence-corrected chi connectivity index (χ4v) is 8.86. The van der Waals surface area contributed by atoms with Gasteiger partial charge in [-0.2, -0.15) is 0 Å². The monoisotopic (exact) mass is 1060 g/mol. The number of hydrogen-bond acceptors (Lipinski definition) is 19. The fraction of sp³-hybridized carbons (Fsp3) is 0.957. The summed E-state index contributed by atoms with van der Waals surface area (Å²) < 4.78 is 38.3. The molecule has 0 bridgehead atoms. The zero-order valence-corrected chi connectivity index (χ0v) is 43.2. The zero-order chi connectivity index (χ0) is 53.6. The highest BCUT2D eigenvalue weighted by atomic mass is 35.5. The quantitative estimate of drug-likeness (QED) is 0.0830. The molecule has 0 unspecified atom stereocenters. The van der Waals surface area contributed by atoms with E-state index in [1.807, 2.05) is 27.7 Å². The van der Waals surface area contributed by atoms with E-state index in [1.54, 1.807) is 13.8 Å². The lowest BCUT2D eigenvalue weighted by atomic mass is 9.89. The Labute approximate surface area is 424 Å². The number of carbonyl (C=O) groups is 2. The molecule has 0 radical (unpaired) electrons. The molecule has 5 saturated heterocycles. The van der Waals surface area contributed by atoms with Crippen LogP contribution >= 0.6 is 12.4 Å². The van der Waals surface area contributed by atoms with Crippen molar-refractivity contribution in [2.24, 2.45) is 52.9 Å². The van der Waals surface area contributed by atoms with Crippen molar-refractivity contribution in [3.8, 4) is 0 Å². The van der Waals surface area contributed by atoms with Gasteiger partial charge in [0.25, 0.3) is 0 Å². The molecule has 5 rings (SSSR count). The number of aliphatic hydroxyl groups is 12. The van der Waals surface area contributed by atoms with Crippen LogP contribution in [0.3, 0.4) is 0 Å². The summed E-state index contributed by atoms with van der Waals surface area (Å²) in [5.74, 6) is -2.20. The average molecular weight is 1060 g/mol. The van der Waals surface area contributed by atoms with Crippen LogP contribution in [0.15, 0.2) is 0 Å². The van der Waals surface area contributed by atoms with Crippen molar-refractivity contribution < 1.29 is 84.0 Å². The van der Waals surface area contributed by atoms with E-state index in [2.05, 4.69) is 16.0 Å². The lowest BCUT2D eigenvalue weighted by Gasteiger charge is -2.39. The first-order valence-corrected chi connectivity index (χ1v) is 24.9. The maximum Gasteiger partial charge on any atom is 0.239 e. The highest BCUT2D eigenvalue weighted by molar-refractivity contribution is 5.85. The summed E-state index contributed by atoms with van der Waals surface area (Å²) in [6.45, 7) is 13.3. The molecule has 25 heteroatoms. The molecule has 21 nitrogen and oxygen atoms in total. The molecular weight excluding hydrogens is 967 g/mol. The number of aliphatic hydroxyl groups excluding tert-OH is 12. The topological polar surface area (TPSA) is 372 Å². The van der Waals surface area contributed by atoms with Crippen molar-refractivity contribution in [2.75, 3.05) is 85.3 Å². The minimum Gasteiger partial charge on any atom is -0.396 e. The maximum absolute atomic E-state index is 13.1. The van der Waals surface area contributed by atoms with Gasteiger partial charge >= 0.3 is 0 Å². The fourth-order valence-electron chi connectivity index (χ4n) is 8.86. The number of nitrogens with one attached hydrogen (secondary N) is 3. The third-order valence-electron chi connectivity index (χ3n) is 13.3. The second kappa shape index (κ2) is 35.6. The first-order valence-electron chi connectivity index (χ1n) is 24.9. The van der Waals surface area contributed by atoms with Gasteiger partial charge in [-0.3, -0.25) is 14.0 Å². The molecular formula is C46H93ClF3N7O14. The Balaban J connectivity index is 0.000000875. The number of likely N-dealkylation sites (tertiary alicyclic amines) is 2. The van der Waals surface area contributed by atoms with Gasteiger partial charge < -0.3 is 98.5 Å². The summed E-state index contributed by atoms with van der Waals surface area (Å²) in [6.07, 6.45) is -9.32. The van der Waals surface area contributed by atoms with Crippen molar-refractivity contribution in [2.45, 2.75) is 153 Å². The van der Waals surface area contributed by atoms with Gasteiger partial charge in [0.15, 0.2) is 0 Å². The van der Waals surface area contributed by atoms with Gasteiger partial charge in [-0.05, 0) is 37.5 Å². The van der Waals surface area contributed by atoms with Gasteiger partial charge in [-0.15, -0.1) is 12.4 Å². The van der Waals surface area contributed by atoms with Gasteiger partial charge in [0, 0.05) is 95.0 Å². The number of halogens is 4. The van der Waals surface area contributed by atoms with Gasteiger partial charge in [-0.1, -0.05) is 41.5 Å². The molecule has 19 N–H and O–H groups in total. The predicted octanol–water partition coefficient (Wildman–Crippen LogP) is -4.27. The van der Waals surface area contributed by atoms with E-state index in [0.29, 0.717) is 76.8 Å². The van der Waals surface area contributed by atoms with Crippen LogP contribution in [0.25, 0.3) is 0 Å². The minimum atomic E-state index is -1.03. The molecule has 0 spiro atoms. The Morgan fingerprint density at radius 1 is 0.521 bits per heavy atom. The SMILES string of the molecule is CC(C)C[C@@H](N)C(=O)N1C[C@H](CO)[C@@H](O)[C@H](O)C1.CC(C)C[C@H](N)C(=O)N1C[C@H](CO)[C@@H](O)[C@H](O)C1.CC[C@@H](F)[C@H]1CNC[C@@H](O)[C@@H]1O.CC[C@H](F)[C@H]1CNC[C@@H](O)[C@@H]1O.Cl.O[C@@H]1[C@@H](CF)CNC[C@H]1O. The summed E-state index contributed by atoms with van der Waals surface area (Å²) in [6, 6.07) is -1.18. The van der Waals surface area contributed by atoms with Crippen LogP contribution in [0.1, 0.15) is 67.2 Å². The number of hydrogen-bond donors (Lipinski definition) is 17. The van der Waals surface area contributed by atoms with Gasteiger partial charge in [-0.25, -0.2) is 8.78 Å². The van der Waals surface area contributed by atoms with Crippen molar-refractivity contribution >= 4 is 24.2 Å². The standard InChI is InChI=1S/2C12H24N2O4.2C8H16FNO2.C6H12FNO2.ClH/c2*1-7(2)3-9(13)12(18)14-4-8(6-15)11(17)10(16)5-14;2*1-2-6(9)5-3-10-4-7(11)8(5)12;7-1-4-2-8-3-5(9)6(4)10;/h2*7-11,15-17H,3-6,13H2,1-2H3;2*5-8,10-12H,2-4H2,1H3;4-6,8-10H,1-3H2;1H/t8-,9+,10-,11-;8-,9-,10-,11-;5-,6+,7-,8-;5-,6-,7-,8-;4-,5+,6+;/m11110./s1. The molecule has 0 aliphatic carbocycles. The van der Waals surface area contributed by atoms with E-state index in [4.69, 9.17) is 31.9 Å². The number of nitrogens with two attached hydrogens (primary N) is 2. The number of piperidine rings is 5. The summed E-state index contributed by atoms with van der Waals surface area (Å²) in [4.78, 5) is 27.0. The lowest BCUT2D eigenvalue weighted by Crippen LogP contribution is -2.58. The Morgan fingerprint density at radius 2 is 0.831 bits per heavy atom. The second-order valence-corrected chi connectivity index (χ2v) is 20.2. The summed E-state index contributed by atoms with van der Waals surface area (Å²) in [5, 5.41) is 121. The summed E-state index contributed by atoms with van der Waals surface area (Å²) in [5.41, 5.74) is 11.6.